The summed E-state index contributed by atoms with van der Waals surface area (Å²) in [4.78, 5) is 2.43. The number of nitrogens with zero attached hydrogens (tertiary/aromatic N) is 2. The van der Waals surface area contributed by atoms with E-state index in [-0.39, 0.29) is 0 Å². The zero-order chi connectivity index (χ0) is 30.8. The maximum absolute atomic E-state index is 6.33. The number of aromatic nitrogens is 1. The summed E-state index contributed by atoms with van der Waals surface area (Å²) in [5.41, 5.74) is 13.9. The highest BCUT2D eigenvalue weighted by atomic mass is 16.3. The van der Waals surface area contributed by atoms with E-state index >= 15 is 0 Å². The number of rotatable bonds is 4. The van der Waals surface area contributed by atoms with Crippen LogP contribution in [0, 0.1) is 0 Å². The lowest BCUT2D eigenvalue weighted by Gasteiger charge is -2.27. The number of benzene rings is 6. The summed E-state index contributed by atoms with van der Waals surface area (Å²) in [5.74, 6) is 1.02. The smallest absolute Gasteiger partial charge is 0.135 e. The molecule has 6 aromatic carbocycles. The van der Waals surface area contributed by atoms with Crippen molar-refractivity contribution in [1.82, 2.24) is 4.57 Å². The molecule has 220 valence electrons. The van der Waals surface area contributed by atoms with Crippen LogP contribution in [-0.4, -0.2) is 4.57 Å². The fourth-order valence-corrected chi connectivity index (χ4v) is 7.49. The van der Waals surface area contributed by atoms with Gasteiger partial charge in [0.2, 0.25) is 0 Å². The maximum Gasteiger partial charge on any atom is 0.135 e. The Morgan fingerprint density at radius 2 is 1.35 bits per heavy atom. The van der Waals surface area contributed by atoms with Gasteiger partial charge in [0.1, 0.15) is 11.3 Å². The summed E-state index contributed by atoms with van der Waals surface area (Å²) in [6.45, 7) is 4.22. The van der Waals surface area contributed by atoms with Crippen LogP contribution in [-0.2, 0) is 6.42 Å². The molecule has 0 N–H and O–H groups in total. The maximum atomic E-state index is 6.33. The first-order valence-corrected chi connectivity index (χ1v) is 16.1. The molecule has 3 heterocycles. The van der Waals surface area contributed by atoms with Gasteiger partial charge in [-0.15, -0.1) is 0 Å². The van der Waals surface area contributed by atoms with Gasteiger partial charge in [0, 0.05) is 50.6 Å². The molecule has 9 rings (SSSR count). The Morgan fingerprint density at radius 1 is 0.609 bits per heavy atom. The van der Waals surface area contributed by atoms with E-state index in [1.54, 1.807) is 0 Å². The highest BCUT2D eigenvalue weighted by Crippen LogP contribution is 2.54. The van der Waals surface area contributed by atoms with Crippen LogP contribution in [0.5, 0.6) is 0 Å². The molecule has 1 aliphatic rings. The Balaban J connectivity index is 1.46. The Labute approximate surface area is 268 Å². The number of hydrogen-bond acceptors (Lipinski definition) is 2. The zero-order valence-electron chi connectivity index (χ0n) is 25.9. The predicted molar refractivity (Wildman–Crippen MR) is 194 cm³/mol. The Hall–Kier alpha value is -5.80. The normalized spacial score (nSPS) is 12.5. The van der Waals surface area contributed by atoms with E-state index in [0.29, 0.717) is 0 Å². The van der Waals surface area contributed by atoms with Gasteiger partial charge in [-0.3, -0.25) is 0 Å². The topological polar surface area (TPSA) is 21.3 Å². The minimum absolute atomic E-state index is 0.846. The molecule has 0 radical (unpaired) electrons. The molecule has 0 amide bonds. The third kappa shape index (κ3) is 3.78. The molecule has 1 aliphatic heterocycles. The number of fused-ring (bicyclic) bond motifs is 10. The van der Waals surface area contributed by atoms with Crippen molar-refractivity contribution >= 4 is 55.9 Å². The molecular formula is C43H32N2O. The number of aryl methyl sites for hydroxylation is 1. The fraction of sp³-hybridized carbons (Fsp3) is 0.0698. The molecule has 0 spiro atoms. The molecule has 46 heavy (non-hydrogen) atoms. The molecule has 0 fully saturated rings. The molecule has 0 unspecified atom stereocenters. The van der Waals surface area contributed by atoms with E-state index < -0.39 is 0 Å². The van der Waals surface area contributed by atoms with Gasteiger partial charge in [-0.1, -0.05) is 104 Å². The van der Waals surface area contributed by atoms with E-state index in [1.165, 1.54) is 49.7 Å². The van der Waals surface area contributed by atoms with Crippen LogP contribution in [0.25, 0.3) is 66.8 Å². The summed E-state index contributed by atoms with van der Waals surface area (Å²) in [6.07, 6.45) is 5.13. The third-order valence-corrected chi connectivity index (χ3v) is 9.40. The lowest BCUT2D eigenvalue weighted by molar-refractivity contribution is 0.556. The molecule has 0 saturated carbocycles. The summed E-state index contributed by atoms with van der Waals surface area (Å²) in [7, 11) is 0. The number of para-hydroxylation sites is 3. The number of anilines is 3. The second-order valence-corrected chi connectivity index (χ2v) is 11.9. The van der Waals surface area contributed by atoms with E-state index in [1.807, 2.05) is 0 Å². The third-order valence-electron chi connectivity index (χ3n) is 9.40. The second-order valence-electron chi connectivity index (χ2n) is 11.9. The van der Waals surface area contributed by atoms with Crippen molar-refractivity contribution in [3.05, 3.63) is 151 Å². The average molecular weight is 593 g/mol. The van der Waals surface area contributed by atoms with E-state index in [9.17, 15) is 0 Å². The van der Waals surface area contributed by atoms with Crippen molar-refractivity contribution < 1.29 is 4.42 Å². The van der Waals surface area contributed by atoms with Crippen molar-refractivity contribution in [2.45, 2.75) is 20.3 Å². The van der Waals surface area contributed by atoms with Crippen molar-refractivity contribution in [3.63, 3.8) is 0 Å². The van der Waals surface area contributed by atoms with Gasteiger partial charge < -0.3 is 13.9 Å². The quantitative estimate of drug-likeness (QED) is 0.203. The second kappa shape index (κ2) is 10.4. The molecule has 2 aromatic heterocycles. The van der Waals surface area contributed by atoms with Gasteiger partial charge in [-0.25, -0.2) is 0 Å². The molecule has 0 bridgehead atoms. The van der Waals surface area contributed by atoms with Crippen molar-refractivity contribution in [3.8, 4) is 27.9 Å². The molecular weight excluding hydrogens is 560 g/mol. The number of furan rings is 1. The van der Waals surface area contributed by atoms with Crippen molar-refractivity contribution in [2.24, 2.45) is 0 Å². The lowest BCUT2D eigenvalue weighted by Crippen LogP contribution is -2.11. The van der Waals surface area contributed by atoms with Gasteiger partial charge in [-0.05, 0) is 66.6 Å². The average Bonchev–Trinajstić information content (AvgIpc) is 3.60. The minimum Gasteiger partial charge on any atom is -0.460 e. The molecule has 0 aliphatic carbocycles. The Bertz CT molecular complexity index is 2480. The molecule has 3 nitrogen and oxygen atoms in total. The molecule has 3 heteroatoms. The largest absolute Gasteiger partial charge is 0.460 e. The minimum atomic E-state index is 0.846. The SMILES string of the molecule is C/C=C\c1c(CC)oc2ccc(-n3c4ccccc4c4ccc5c(c43)-c3ccccc3-c3ccccc3N5c3ccccc3)cc12. The molecule has 8 aromatic rings. The summed E-state index contributed by atoms with van der Waals surface area (Å²) >= 11 is 0. The Kier molecular flexibility index (Phi) is 6.01. The monoisotopic (exact) mass is 592 g/mol. The highest BCUT2D eigenvalue weighted by molar-refractivity contribution is 6.19. The van der Waals surface area contributed by atoms with Crippen LogP contribution in [0.1, 0.15) is 25.2 Å². The van der Waals surface area contributed by atoms with Gasteiger partial charge in [0.25, 0.3) is 0 Å². The summed E-state index contributed by atoms with van der Waals surface area (Å²) in [6, 6.07) is 48.5. The number of hydrogen-bond donors (Lipinski definition) is 0. The van der Waals surface area contributed by atoms with Crippen LogP contribution in [0.4, 0.5) is 17.1 Å². The lowest BCUT2D eigenvalue weighted by atomic mass is 9.93. The van der Waals surface area contributed by atoms with E-state index in [4.69, 9.17) is 4.42 Å². The first kappa shape index (κ1) is 26.6. The Morgan fingerprint density at radius 3 is 2.17 bits per heavy atom. The fourth-order valence-electron chi connectivity index (χ4n) is 7.49. The van der Waals surface area contributed by atoms with Gasteiger partial charge in [0.15, 0.2) is 0 Å². The zero-order valence-corrected chi connectivity index (χ0v) is 25.9. The first-order valence-electron chi connectivity index (χ1n) is 16.1. The summed E-state index contributed by atoms with van der Waals surface area (Å²) < 4.78 is 8.80. The van der Waals surface area contributed by atoms with Crippen LogP contribution in [0.2, 0.25) is 0 Å². The van der Waals surface area contributed by atoms with Gasteiger partial charge >= 0.3 is 0 Å². The van der Waals surface area contributed by atoms with Crippen LogP contribution >= 0.6 is 0 Å². The predicted octanol–water partition coefficient (Wildman–Crippen LogP) is 12.2. The van der Waals surface area contributed by atoms with Crippen molar-refractivity contribution in [1.29, 1.82) is 0 Å². The summed E-state index contributed by atoms with van der Waals surface area (Å²) in [5, 5.41) is 3.61. The van der Waals surface area contributed by atoms with Crippen LogP contribution in [0.3, 0.4) is 0 Å². The van der Waals surface area contributed by atoms with Crippen molar-refractivity contribution in [2.75, 3.05) is 4.90 Å². The first-order chi connectivity index (χ1) is 22.8. The highest BCUT2D eigenvalue weighted by Gasteiger charge is 2.29. The van der Waals surface area contributed by atoms with Gasteiger partial charge in [0.05, 0.1) is 22.4 Å². The van der Waals surface area contributed by atoms with Crippen LogP contribution < -0.4 is 4.90 Å². The van der Waals surface area contributed by atoms with E-state index in [0.717, 1.165) is 45.8 Å². The van der Waals surface area contributed by atoms with E-state index in [2.05, 4.69) is 169 Å². The molecule has 0 atom stereocenters. The van der Waals surface area contributed by atoms with Crippen LogP contribution in [0.15, 0.2) is 144 Å². The van der Waals surface area contributed by atoms with Gasteiger partial charge in [-0.2, -0.15) is 0 Å². The molecule has 0 saturated heterocycles. The number of allylic oxidation sites excluding steroid dienone is 1. The standard InChI is InChI=1S/C43H32N2O/c1-3-14-33-36-27-29(23-26-41(36)46-40(33)4-2)45-38-22-13-11-19-32(38)35-24-25-39-42(43(35)45)34-20-9-8-17-30(34)31-18-10-12-21-37(31)44(39)28-15-6-5-7-16-28/h3,5-27H,4H2,1-2H3/b14-3-.